The molecule has 0 fully saturated rings. The second kappa shape index (κ2) is 8.36. The molecule has 27 heavy (non-hydrogen) atoms. The van der Waals surface area contributed by atoms with E-state index < -0.39 is 15.7 Å². The van der Waals surface area contributed by atoms with E-state index in [2.05, 4.69) is 36.2 Å². The largest absolute Gasteiger partial charge is 0.436 e. The summed E-state index contributed by atoms with van der Waals surface area (Å²) in [5.74, 6) is 0.974. The van der Waals surface area contributed by atoms with Gasteiger partial charge in [-0.05, 0) is 62.4 Å². The van der Waals surface area contributed by atoms with Gasteiger partial charge in [0.05, 0.1) is 15.7 Å². The predicted molar refractivity (Wildman–Crippen MR) is 113 cm³/mol. The van der Waals surface area contributed by atoms with Gasteiger partial charge in [-0.3, -0.25) is 5.14 Å². The molecule has 4 nitrogen and oxygen atoms in total. The van der Waals surface area contributed by atoms with E-state index in [1.807, 2.05) is 38.1 Å². The van der Waals surface area contributed by atoms with Crippen molar-refractivity contribution >= 4 is 22.1 Å². The highest BCUT2D eigenvalue weighted by Crippen LogP contribution is 2.34. The number of rotatable bonds is 8. The highest BCUT2D eigenvalue weighted by Gasteiger charge is 2.28. The Morgan fingerprint density at radius 1 is 1.15 bits per heavy atom. The maximum Gasteiger partial charge on any atom is 0.227 e. The fourth-order valence-corrected chi connectivity index (χ4v) is 3.77. The first-order chi connectivity index (χ1) is 12.9. The van der Waals surface area contributed by atoms with Crippen molar-refractivity contribution in [1.82, 2.24) is 4.98 Å². The van der Waals surface area contributed by atoms with E-state index in [-0.39, 0.29) is 0 Å². The molecule has 0 spiro atoms. The van der Waals surface area contributed by atoms with Crippen LogP contribution >= 0.6 is 0 Å². The highest BCUT2D eigenvalue weighted by atomic mass is 32.2. The molecule has 144 valence electrons. The van der Waals surface area contributed by atoms with Crippen LogP contribution in [-0.4, -0.2) is 13.9 Å². The lowest BCUT2D eigenvalue weighted by atomic mass is 9.85. The predicted octanol–water partition coefficient (Wildman–Crippen LogP) is 5.56. The van der Waals surface area contributed by atoms with E-state index in [4.69, 9.17) is 9.56 Å². The van der Waals surface area contributed by atoms with E-state index in [9.17, 15) is 4.21 Å². The second-order valence-electron chi connectivity index (χ2n) is 7.71. The maximum atomic E-state index is 11.9. The van der Waals surface area contributed by atoms with Crippen LogP contribution in [0.2, 0.25) is 0 Å². The van der Waals surface area contributed by atoms with Crippen LogP contribution < -0.4 is 5.14 Å². The van der Waals surface area contributed by atoms with Gasteiger partial charge in [-0.1, -0.05) is 44.0 Å². The molecule has 2 atom stereocenters. The third-order valence-corrected chi connectivity index (χ3v) is 6.37. The second-order valence-corrected chi connectivity index (χ2v) is 9.41. The molecule has 5 heteroatoms. The Morgan fingerprint density at radius 3 is 2.48 bits per heavy atom. The lowest BCUT2D eigenvalue weighted by Crippen LogP contribution is -2.33. The average Bonchev–Trinajstić information content (AvgIpc) is 3.09. The molecule has 0 saturated carbocycles. The molecule has 0 radical (unpaired) electrons. The summed E-state index contributed by atoms with van der Waals surface area (Å²) in [6, 6.07) is 16.2. The molecule has 1 unspecified atom stereocenters. The summed E-state index contributed by atoms with van der Waals surface area (Å²) in [7, 11) is -1.34. The molecular formula is C22H28N2O2S. The van der Waals surface area contributed by atoms with E-state index in [1.165, 1.54) is 5.56 Å². The fraction of sp³-hybridized carbons (Fsp3) is 0.409. The van der Waals surface area contributed by atoms with Gasteiger partial charge < -0.3 is 4.42 Å². The van der Waals surface area contributed by atoms with Crippen molar-refractivity contribution in [2.24, 2.45) is 5.14 Å². The lowest BCUT2D eigenvalue weighted by molar-refractivity contribution is 0.480. The lowest BCUT2D eigenvalue weighted by Gasteiger charge is -2.28. The first-order valence-corrected chi connectivity index (χ1v) is 10.7. The van der Waals surface area contributed by atoms with Crippen LogP contribution in [0, 0.1) is 0 Å². The minimum absolute atomic E-state index is 0.338. The van der Waals surface area contributed by atoms with Crippen molar-refractivity contribution in [3.8, 4) is 11.5 Å². The number of hydrogen-bond donors (Lipinski definition) is 1. The van der Waals surface area contributed by atoms with Gasteiger partial charge in [0.2, 0.25) is 5.89 Å². The van der Waals surface area contributed by atoms with Crippen LogP contribution in [0.5, 0.6) is 0 Å². The molecule has 0 aliphatic rings. The van der Waals surface area contributed by atoms with Gasteiger partial charge in [-0.15, -0.1) is 0 Å². The molecule has 1 heterocycles. The van der Waals surface area contributed by atoms with Crippen molar-refractivity contribution < 1.29 is 8.63 Å². The number of unbranched alkanes of at least 4 members (excludes halogenated alkanes) is 1. The molecule has 0 aliphatic carbocycles. The SMILES string of the molecule is CCCC[C@@H](CC(C)(C)S(N)=O)c1ccc(-c2nc3ccccc3o2)cc1. The molecule has 1 aromatic heterocycles. The molecule has 3 aromatic rings. The summed E-state index contributed by atoms with van der Waals surface area (Å²) in [6.07, 6.45) is 4.16. The number of benzene rings is 2. The Balaban J connectivity index is 1.84. The Kier molecular flexibility index (Phi) is 6.12. The van der Waals surface area contributed by atoms with Crippen LogP contribution in [0.15, 0.2) is 52.9 Å². The summed E-state index contributed by atoms with van der Waals surface area (Å²) in [5, 5.41) is 5.71. The Morgan fingerprint density at radius 2 is 1.85 bits per heavy atom. The van der Waals surface area contributed by atoms with Crippen LogP contribution in [0.1, 0.15) is 57.9 Å². The van der Waals surface area contributed by atoms with Crippen molar-refractivity contribution in [2.75, 3.05) is 0 Å². The third kappa shape index (κ3) is 4.66. The van der Waals surface area contributed by atoms with Gasteiger partial charge >= 0.3 is 0 Å². The van der Waals surface area contributed by atoms with Gasteiger partial charge in [0.25, 0.3) is 0 Å². The Labute approximate surface area is 163 Å². The van der Waals surface area contributed by atoms with E-state index in [0.29, 0.717) is 11.8 Å². The summed E-state index contributed by atoms with van der Waals surface area (Å²) in [5.41, 5.74) is 3.88. The van der Waals surface area contributed by atoms with Crippen LogP contribution in [0.4, 0.5) is 0 Å². The minimum atomic E-state index is -1.34. The fourth-order valence-electron chi connectivity index (χ4n) is 3.41. The van der Waals surface area contributed by atoms with Gasteiger partial charge in [-0.2, -0.15) is 0 Å². The van der Waals surface area contributed by atoms with E-state index >= 15 is 0 Å². The number of aromatic nitrogens is 1. The average molecular weight is 385 g/mol. The van der Waals surface area contributed by atoms with Crippen molar-refractivity contribution in [3.05, 3.63) is 54.1 Å². The van der Waals surface area contributed by atoms with Gasteiger partial charge in [0, 0.05) is 5.56 Å². The van der Waals surface area contributed by atoms with Crippen LogP contribution in [0.3, 0.4) is 0 Å². The monoisotopic (exact) mass is 384 g/mol. The van der Waals surface area contributed by atoms with Crippen molar-refractivity contribution in [1.29, 1.82) is 0 Å². The van der Waals surface area contributed by atoms with Gasteiger partial charge in [0.15, 0.2) is 5.58 Å². The first-order valence-electron chi connectivity index (χ1n) is 9.53. The topological polar surface area (TPSA) is 69.1 Å². The summed E-state index contributed by atoms with van der Waals surface area (Å²) >= 11 is 0. The number of fused-ring (bicyclic) bond motifs is 1. The number of oxazole rings is 1. The molecule has 0 amide bonds. The maximum absolute atomic E-state index is 11.9. The zero-order valence-electron chi connectivity index (χ0n) is 16.3. The zero-order valence-corrected chi connectivity index (χ0v) is 17.1. The molecular weight excluding hydrogens is 356 g/mol. The van der Waals surface area contributed by atoms with Crippen molar-refractivity contribution in [3.63, 3.8) is 0 Å². The van der Waals surface area contributed by atoms with Crippen LogP contribution in [0.25, 0.3) is 22.6 Å². The van der Waals surface area contributed by atoms with Gasteiger partial charge in [-0.25, -0.2) is 9.19 Å². The highest BCUT2D eigenvalue weighted by molar-refractivity contribution is 7.84. The summed E-state index contributed by atoms with van der Waals surface area (Å²) in [6.45, 7) is 6.16. The first kappa shape index (κ1) is 19.8. The molecule has 3 rings (SSSR count). The van der Waals surface area contributed by atoms with Gasteiger partial charge in [0.1, 0.15) is 5.52 Å². The molecule has 0 bridgehead atoms. The van der Waals surface area contributed by atoms with Crippen LogP contribution in [-0.2, 0) is 11.0 Å². The Bertz CT molecular complexity index is 882. The quantitative estimate of drug-likeness (QED) is 0.553. The summed E-state index contributed by atoms with van der Waals surface area (Å²) < 4.78 is 17.4. The molecule has 2 N–H and O–H groups in total. The normalized spacial score (nSPS) is 14.4. The third-order valence-electron chi connectivity index (χ3n) is 5.11. The number of hydrogen-bond acceptors (Lipinski definition) is 3. The van der Waals surface area contributed by atoms with Crippen molar-refractivity contribution in [2.45, 2.75) is 57.1 Å². The standard InChI is InChI=1S/C22H28N2O2S/c1-4-5-8-18(15-22(2,3)27(23)25)16-11-13-17(14-12-16)21-24-19-9-6-7-10-20(19)26-21/h6-7,9-14,18H,4-5,8,15,23H2,1-3H3/t18-,27?/m0/s1. The molecule has 2 aromatic carbocycles. The smallest absolute Gasteiger partial charge is 0.227 e. The van der Waals surface area contributed by atoms with E-state index in [0.717, 1.165) is 42.3 Å². The minimum Gasteiger partial charge on any atom is -0.436 e. The zero-order chi connectivity index (χ0) is 19.4. The number of nitrogens with zero attached hydrogens (tertiary/aromatic N) is 1. The number of nitrogens with two attached hydrogens (primary N) is 1. The molecule has 0 aliphatic heterocycles. The Hall–Kier alpha value is -1.98. The summed E-state index contributed by atoms with van der Waals surface area (Å²) in [4.78, 5) is 4.57. The molecule has 0 saturated heterocycles. The number of para-hydroxylation sites is 2. The van der Waals surface area contributed by atoms with E-state index in [1.54, 1.807) is 0 Å².